The molecule has 5 heteroatoms. The van der Waals surface area contributed by atoms with Gasteiger partial charge in [-0.15, -0.1) is 0 Å². The van der Waals surface area contributed by atoms with Crippen molar-refractivity contribution in [3.05, 3.63) is 29.6 Å². The summed E-state index contributed by atoms with van der Waals surface area (Å²) in [6.45, 7) is 3.22. The zero-order valence-corrected chi connectivity index (χ0v) is 10.8. The minimum absolute atomic E-state index is 0.160. The van der Waals surface area contributed by atoms with Crippen LogP contribution in [0.25, 0.3) is 0 Å². The fourth-order valence-electron chi connectivity index (χ4n) is 2.61. The van der Waals surface area contributed by atoms with E-state index in [1.165, 1.54) is 31.0 Å². The van der Waals surface area contributed by atoms with Crippen molar-refractivity contribution in [1.82, 2.24) is 9.80 Å². The second-order valence-electron chi connectivity index (χ2n) is 5.29. The number of nitrogens with zero attached hydrogens (tertiary/aromatic N) is 2. The molecular weight excluding hydrogens is 245 g/mol. The number of hydrogen-bond acceptors (Lipinski definition) is 3. The lowest BCUT2D eigenvalue weighted by Crippen LogP contribution is -2.49. The van der Waals surface area contributed by atoms with Gasteiger partial charge in [-0.25, -0.2) is 4.39 Å². The van der Waals surface area contributed by atoms with E-state index in [1.54, 1.807) is 4.90 Å². The molecule has 2 fully saturated rings. The smallest absolute Gasteiger partial charge is 0.256 e. The van der Waals surface area contributed by atoms with Crippen LogP contribution in [-0.4, -0.2) is 47.9 Å². The largest absolute Gasteiger partial charge is 0.398 e. The summed E-state index contributed by atoms with van der Waals surface area (Å²) >= 11 is 0. The van der Waals surface area contributed by atoms with Crippen LogP contribution >= 0.6 is 0 Å². The molecule has 0 unspecified atom stereocenters. The molecule has 1 heterocycles. The van der Waals surface area contributed by atoms with Gasteiger partial charge in [0, 0.05) is 37.9 Å². The van der Waals surface area contributed by atoms with Crippen molar-refractivity contribution in [2.75, 3.05) is 31.9 Å². The van der Waals surface area contributed by atoms with Gasteiger partial charge in [-0.2, -0.15) is 0 Å². The average molecular weight is 263 g/mol. The van der Waals surface area contributed by atoms with Crippen LogP contribution in [0, 0.1) is 5.82 Å². The molecule has 1 aliphatic carbocycles. The van der Waals surface area contributed by atoms with Crippen LogP contribution in [0.15, 0.2) is 18.2 Å². The average Bonchev–Trinajstić information content (AvgIpc) is 3.25. The normalized spacial score (nSPS) is 20.6. The Kier molecular flexibility index (Phi) is 3.14. The molecule has 0 radical (unpaired) electrons. The fourth-order valence-corrected chi connectivity index (χ4v) is 2.61. The third-order valence-electron chi connectivity index (χ3n) is 3.91. The highest BCUT2D eigenvalue weighted by Gasteiger charge is 2.32. The lowest BCUT2D eigenvalue weighted by Gasteiger charge is -2.35. The van der Waals surface area contributed by atoms with Gasteiger partial charge >= 0.3 is 0 Å². The van der Waals surface area contributed by atoms with E-state index in [0.717, 1.165) is 19.1 Å². The van der Waals surface area contributed by atoms with Crippen molar-refractivity contribution >= 4 is 11.6 Å². The molecule has 1 amide bonds. The van der Waals surface area contributed by atoms with Crippen LogP contribution in [0.5, 0.6) is 0 Å². The first-order valence-electron chi connectivity index (χ1n) is 6.73. The van der Waals surface area contributed by atoms with Crippen molar-refractivity contribution in [1.29, 1.82) is 0 Å². The number of rotatable bonds is 2. The summed E-state index contributed by atoms with van der Waals surface area (Å²) < 4.78 is 13.2. The predicted molar refractivity (Wildman–Crippen MR) is 71.3 cm³/mol. The quantitative estimate of drug-likeness (QED) is 0.819. The van der Waals surface area contributed by atoms with Crippen molar-refractivity contribution in [3.63, 3.8) is 0 Å². The van der Waals surface area contributed by atoms with Crippen molar-refractivity contribution in [2.45, 2.75) is 18.9 Å². The monoisotopic (exact) mass is 263 g/mol. The highest BCUT2D eigenvalue weighted by Crippen LogP contribution is 2.27. The summed E-state index contributed by atoms with van der Waals surface area (Å²) in [5.41, 5.74) is 6.38. The molecule has 1 saturated carbocycles. The molecule has 2 aliphatic rings. The number of hydrogen-bond donors (Lipinski definition) is 1. The van der Waals surface area contributed by atoms with E-state index in [0.29, 0.717) is 18.8 Å². The molecule has 1 aromatic rings. The number of anilines is 1. The van der Waals surface area contributed by atoms with Crippen molar-refractivity contribution in [3.8, 4) is 0 Å². The first-order chi connectivity index (χ1) is 9.15. The van der Waals surface area contributed by atoms with Gasteiger partial charge in [-0.05, 0) is 31.0 Å². The predicted octanol–water partition coefficient (Wildman–Crippen LogP) is 1.33. The topological polar surface area (TPSA) is 49.6 Å². The van der Waals surface area contributed by atoms with Crippen LogP contribution in [0.1, 0.15) is 23.2 Å². The lowest BCUT2D eigenvalue weighted by molar-refractivity contribution is 0.0628. The summed E-state index contributed by atoms with van der Waals surface area (Å²) in [5.74, 6) is -0.582. The number of carbonyl (C=O) groups is 1. The number of nitrogen functional groups attached to an aromatic ring is 1. The Morgan fingerprint density at radius 1 is 1.21 bits per heavy atom. The van der Waals surface area contributed by atoms with E-state index in [1.807, 2.05) is 0 Å². The van der Waals surface area contributed by atoms with E-state index in [-0.39, 0.29) is 11.5 Å². The molecule has 0 aromatic heterocycles. The molecule has 1 aromatic carbocycles. The van der Waals surface area contributed by atoms with Gasteiger partial charge in [-0.3, -0.25) is 9.69 Å². The SMILES string of the molecule is Nc1ccc(F)cc1C(=O)N1CCN(C2CC2)CC1. The summed E-state index contributed by atoms with van der Waals surface area (Å²) in [6.07, 6.45) is 2.57. The summed E-state index contributed by atoms with van der Waals surface area (Å²) in [4.78, 5) is 16.5. The van der Waals surface area contributed by atoms with Gasteiger partial charge in [0.25, 0.3) is 5.91 Å². The molecule has 4 nitrogen and oxygen atoms in total. The highest BCUT2D eigenvalue weighted by molar-refractivity contribution is 5.99. The summed E-state index contributed by atoms with van der Waals surface area (Å²) in [5, 5.41) is 0. The lowest BCUT2D eigenvalue weighted by atomic mass is 10.1. The fraction of sp³-hybridized carbons (Fsp3) is 0.500. The van der Waals surface area contributed by atoms with Crippen molar-refractivity contribution < 1.29 is 9.18 Å². The Labute approximate surface area is 112 Å². The van der Waals surface area contributed by atoms with Gasteiger partial charge < -0.3 is 10.6 Å². The van der Waals surface area contributed by atoms with Crippen molar-refractivity contribution in [2.24, 2.45) is 0 Å². The maximum Gasteiger partial charge on any atom is 0.256 e. The Hall–Kier alpha value is -1.62. The molecule has 1 saturated heterocycles. The van der Waals surface area contributed by atoms with Crippen LogP contribution in [-0.2, 0) is 0 Å². The number of amides is 1. The third kappa shape index (κ3) is 2.56. The molecular formula is C14H18FN3O. The zero-order valence-electron chi connectivity index (χ0n) is 10.8. The maximum absolute atomic E-state index is 13.2. The molecule has 0 spiro atoms. The van der Waals surface area contributed by atoms with E-state index in [9.17, 15) is 9.18 Å². The van der Waals surface area contributed by atoms with Gasteiger partial charge in [-0.1, -0.05) is 0 Å². The van der Waals surface area contributed by atoms with Crippen LogP contribution in [0.2, 0.25) is 0 Å². The molecule has 19 heavy (non-hydrogen) atoms. The highest BCUT2D eigenvalue weighted by atomic mass is 19.1. The Morgan fingerprint density at radius 2 is 1.89 bits per heavy atom. The number of piperazine rings is 1. The number of halogens is 1. The van der Waals surface area contributed by atoms with Gasteiger partial charge in [0.2, 0.25) is 0 Å². The molecule has 1 aliphatic heterocycles. The second kappa shape index (κ2) is 4.81. The van der Waals surface area contributed by atoms with Gasteiger partial charge in [0.1, 0.15) is 5.82 Å². The number of benzene rings is 1. The van der Waals surface area contributed by atoms with E-state index in [4.69, 9.17) is 5.73 Å². The third-order valence-corrected chi connectivity index (χ3v) is 3.91. The first-order valence-corrected chi connectivity index (χ1v) is 6.73. The Bertz CT molecular complexity index is 493. The second-order valence-corrected chi connectivity index (χ2v) is 5.29. The Balaban J connectivity index is 1.68. The summed E-state index contributed by atoms with van der Waals surface area (Å²) in [6, 6.07) is 4.68. The maximum atomic E-state index is 13.2. The number of carbonyl (C=O) groups excluding carboxylic acids is 1. The van der Waals surface area contributed by atoms with E-state index in [2.05, 4.69) is 4.90 Å². The minimum atomic E-state index is -0.422. The van der Waals surface area contributed by atoms with Crippen LogP contribution < -0.4 is 5.73 Å². The van der Waals surface area contributed by atoms with E-state index >= 15 is 0 Å². The van der Waals surface area contributed by atoms with Gasteiger partial charge in [0.05, 0.1) is 5.56 Å². The first kappa shape index (κ1) is 12.4. The standard InChI is InChI=1S/C14H18FN3O/c15-10-1-4-13(16)12(9-10)14(19)18-7-5-17(6-8-18)11-2-3-11/h1,4,9,11H,2-3,5-8,16H2. The molecule has 2 N–H and O–H groups in total. The van der Waals surface area contributed by atoms with Gasteiger partial charge in [0.15, 0.2) is 0 Å². The van der Waals surface area contributed by atoms with Crippen LogP contribution in [0.3, 0.4) is 0 Å². The van der Waals surface area contributed by atoms with Crippen LogP contribution in [0.4, 0.5) is 10.1 Å². The molecule has 0 bridgehead atoms. The summed E-state index contributed by atoms with van der Waals surface area (Å²) in [7, 11) is 0. The zero-order chi connectivity index (χ0) is 13.4. The molecule has 0 atom stereocenters. The Morgan fingerprint density at radius 3 is 2.53 bits per heavy atom. The molecule has 102 valence electrons. The molecule has 3 rings (SSSR count). The van der Waals surface area contributed by atoms with E-state index < -0.39 is 5.82 Å². The minimum Gasteiger partial charge on any atom is -0.398 e. The number of nitrogens with two attached hydrogens (primary N) is 1.